The molecule has 0 radical (unpaired) electrons. The van der Waals surface area contributed by atoms with Gasteiger partial charge in [-0.25, -0.2) is 0 Å². The SMILES string of the molecule is CC(=O)COC(=O)CN1C(=O)c2ccccc2C1=O. The van der Waals surface area contributed by atoms with Gasteiger partial charge in [-0.3, -0.25) is 24.1 Å². The van der Waals surface area contributed by atoms with Gasteiger partial charge in [-0.15, -0.1) is 0 Å². The molecule has 0 aliphatic carbocycles. The van der Waals surface area contributed by atoms with Gasteiger partial charge in [0, 0.05) is 0 Å². The van der Waals surface area contributed by atoms with Crippen molar-refractivity contribution in [3.63, 3.8) is 0 Å². The van der Waals surface area contributed by atoms with Crippen molar-refractivity contribution in [2.45, 2.75) is 6.92 Å². The predicted octanol–water partition coefficient (Wildman–Crippen LogP) is 0.415. The van der Waals surface area contributed by atoms with Gasteiger partial charge in [0.05, 0.1) is 11.1 Å². The zero-order valence-corrected chi connectivity index (χ0v) is 10.2. The van der Waals surface area contributed by atoms with E-state index >= 15 is 0 Å². The monoisotopic (exact) mass is 261 g/mol. The van der Waals surface area contributed by atoms with E-state index in [9.17, 15) is 19.2 Å². The van der Waals surface area contributed by atoms with Crippen molar-refractivity contribution in [2.24, 2.45) is 0 Å². The van der Waals surface area contributed by atoms with Crippen LogP contribution in [0.1, 0.15) is 27.6 Å². The molecule has 6 heteroatoms. The molecule has 0 saturated heterocycles. The third kappa shape index (κ3) is 2.52. The summed E-state index contributed by atoms with van der Waals surface area (Å²) in [5, 5.41) is 0. The lowest BCUT2D eigenvalue weighted by Crippen LogP contribution is -2.36. The molecule has 98 valence electrons. The fraction of sp³-hybridized carbons (Fsp3) is 0.231. The normalized spacial score (nSPS) is 13.4. The molecule has 1 aliphatic rings. The van der Waals surface area contributed by atoms with E-state index in [1.165, 1.54) is 19.1 Å². The second-order valence-electron chi connectivity index (χ2n) is 4.10. The first-order chi connectivity index (χ1) is 9.00. The number of rotatable bonds is 4. The highest BCUT2D eigenvalue weighted by atomic mass is 16.5. The summed E-state index contributed by atoms with van der Waals surface area (Å²) in [6.45, 7) is 0.428. The molecule has 2 amide bonds. The van der Waals surface area contributed by atoms with Gasteiger partial charge in [0.15, 0.2) is 5.78 Å². The Morgan fingerprint density at radius 1 is 1.11 bits per heavy atom. The molecule has 1 aromatic rings. The second kappa shape index (κ2) is 5.01. The van der Waals surface area contributed by atoms with E-state index in [0.717, 1.165) is 4.90 Å². The van der Waals surface area contributed by atoms with Crippen LogP contribution in [-0.2, 0) is 14.3 Å². The van der Waals surface area contributed by atoms with Crippen LogP contribution in [-0.4, -0.2) is 41.6 Å². The van der Waals surface area contributed by atoms with Gasteiger partial charge in [0.1, 0.15) is 13.2 Å². The van der Waals surface area contributed by atoms with Crippen molar-refractivity contribution in [3.8, 4) is 0 Å². The van der Waals surface area contributed by atoms with Gasteiger partial charge in [-0.2, -0.15) is 0 Å². The quantitative estimate of drug-likeness (QED) is 0.579. The average molecular weight is 261 g/mol. The molecule has 0 atom stereocenters. The number of amides is 2. The zero-order chi connectivity index (χ0) is 14.0. The number of carbonyl (C=O) groups excluding carboxylic acids is 4. The van der Waals surface area contributed by atoms with Crippen LogP contribution in [0.5, 0.6) is 0 Å². The summed E-state index contributed by atoms with van der Waals surface area (Å²) in [5.74, 6) is -2.15. The van der Waals surface area contributed by atoms with Crippen LogP contribution in [0.4, 0.5) is 0 Å². The molecule has 6 nitrogen and oxygen atoms in total. The molecule has 0 saturated carbocycles. The lowest BCUT2D eigenvalue weighted by atomic mass is 10.1. The minimum Gasteiger partial charge on any atom is -0.456 e. The van der Waals surface area contributed by atoms with Crippen LogP contribution in [0.3, 0.4) is 0 Å². The van der Waals surface area contributed by atoms with Crippen LogP contribution in [0, 0.1) is 0 Å². The third-order valence-electron chi connectivity index (χ3n) is 2.60. The minimum absolute atomic E-state index is 0.270. The molecular formula is C13H11NO5. The van der Waals surface area contributed by atoms with E-state index in [1.54, 1.807) is 12.1 Å². The Morgan fingerprint density at radius 2 is 1.63 bits per heavy atom. The van der Waals surface area contributed by atoms with Gasteiger partial charge < -0.3 is 4.74 Å². The first-order valence-corrected chi connectivity index (χ1v) is 5.61. The molecule has 0 aromatic heterocycles. The van der Waals surface area contributed by atoms with Gasteiger partial charge >= 0.3 is 5.97 Å². The molecular weight excluding hydrogens is 250 g/mol. The summed E-state index contributed by atoms with van der Waals surface area (Å²) < 4.78 is 4.63. The Morgan fingerprint density at radius 3 is 2.11 bits per heavy atom. The van der Waals surface area contributed by atoms with Gasteiger partial charge in [-0.05, 0) is 19.1 Å². The molecule has 1 heterocycles. The lowest BCUT2D eigenvalue weighted by Gasteiger charge is -2.12. The highest BCUT2D eigenvalue weighted by Crippen LogP contribution is 2.21. The number of esters is 1. The second-order valence-corrected chi connectivity index (χ2v) is 4.10. The Labute approximate surface area is 108 Å². The number of imide groups is 1. The van der Waals surface area contributed by atoms with Crippen molar-refractivity contribution < 1.29 is 23.9 Å². The molecule has 1 aliphatic heterocycles. The largest absolute Gasteiger partial charge is 0.456 e. The number of ether oxygens (including phenoxy) is 1. The van der Waals surface area contributed by atoms with E-state index in [-0.39, 0.29) is 23.5 Å². The van der Waals surface area contributed by atoms with Gasteiger partial charge in [-0.1, -0.05) is 12.1 Å². The smallest absolute Gasteiger partial charge is 0.326 e. The standard InChI is InChI=1S/C13H11NO5/c1-8(15)7-19-11(16)6-14-12(17)9-4-2-3-5-10(9)13(14)18/h2-5H,6-7H2,1H3. The highest BCUT2D eigenvalue weighted by molar-refractivity contribution is 6.22. The number of benzene rings is 1. The van der Waals surface area contributed by atoms with E-state index in [4.69, 9.17) is 0 Å². The fourth-order valence-electron chi connectivity index (χ4n) is 1.74. The number of Topliss-reactive ketones (excluding diaryl/α,β-unsaturated/α-hetero) is 1. The third-order valence-corrected chi connectivity index (χ3v) is 2.60. The number of carbonyl (C=O) groups is 4. The van der Waals surface area contributed by atoms with Crippen molar-refractivity contribution in [2.75, 3.05) is 13.2 Å². The summed E-state index contributed by atoms with van der Waals surface area (Å²) in [6.07, 6.45) is 0. The van der Waals surface area contributed by atoms with Crippen LogP contribution in [0.25, 0.3) is 0 Å². The van der Waals surface area contributed by atoms with E-state index in [2.05, 4.69) is 4.74 Å². The van der Waals surface area contributed by atoms with Crippen LogP contribution in [0.2, 0.25) is 0 Å². The lowest BCUT2D eigenvalue weighted by molar-refractivity contribution is -0.147. The van der Waals surface area contributed by atoms with Gasteiger partial charge in [0.25, 0.3) is 11.8 Å². The van der Waals surface area contributed by atoms with Crippen LogP contribution < -0.4 is 0 Å². The summed E-state index contributed by atoms with van der Waals surface area (Å²) in [7, 11) is 0. The summed E-state index contributed by atoms with van der Waals surface area (Å²) in [6, 6.07) is 6.33. The number of nitrogens with zero attached hydrogens (tertiary/aromatic N) is 1. The molecule has 0 fully saturated rings. The molecule has 19 heavy (non-hydrogen) atoms. The van der Waals surface area contributed by atoms with Crippen LogP contribution in [0.15, 0.2) is 24.3 Å². The van der Waals surface area contributed by atoms with E-state index in [1.807, 2.05) is 0 Å². The van der Waals surface area contributed by atoms with Crippen LogP contribution >= 0.6 is 0 Å². The maximum atomic E-state index is 11.9. The summed E-state index contributed by atoms with van der Waals surface area (Å²) in [4.78, 5) is 46.7. The molecule has 2 rings (SSSR count). The number of hydrogen-bond donors (Lipinski definition) is 0. The van der Waals surface area contributed by atoms with Crippen molar-refractivity contribution in [3.05, 3.63) is 35.4 Å². The zero-order valence-electron chi connectivity index (χ0n) is 10.2. The topological polar surface area (TPSA) is 80.8 Å². The Hall–Kier alpha value is -2.50. The minimum atomic E-state index is -0.787. The van der Waals surface area contributed by atoms with E-state index in [0.29, 0.717) is 0 Å². The first-order valence-electron chi connectivity index (χ1n) is 5.61. The first kappa shape index (κ1) is 12.9. The molecule has 0 unspecified atom stereocenters. The Balaban J connectivity index is 2.08. The molecule has 0 N–H and O–H groups in total. The van der Waals surface area contributed by atoms with E-state index < -0.39 is 24.3 Å². The molecule has 0 spiro atoms. The molecule has 0 bridgehead atoms. The Kier molecular flexibility index (Phi) is 3.41. The van der Waals surface area contributed by atoms with Gasteiger partial charge in [0.2, 0.25) is 0 Å². The maximum absolute atomic E-state index is 11.9. The maximum Gasteiger partial charge on any atom is 0.326 e. The molecule has 1 aromatic carbocycles. The summed E-state index contributed by atoms with van der Waals surface area (Å²) >= 11 is 0. The van der Waals surface area contributed by atoms with Crippen molar-refractivity contribution in [1.29, 1.82) is 0 Å². The summed E-state index contributed by atoms with van der Waals surface area (Å²) in [5.41, 5.74) is 0.540. The van der Waals surface area contributed by atoms with Crippen molar-refractivity contribution >= 4 is 23.6 Å². The number of fused-ring (bicyclic) bond motifs is 1. The Bertz CT molecular complexity index is 543. The fourth-order valence-corrected chi connectivity index (χ4v) is 1.74. The number of hydrogen-bond acceptors (Lipinski definition) is 5. The van der Waals surface area contributed by atoms with Crippen molar-refractivity contribution in [1.82, 2.24) is 4.90 Å². The average Bonchev–Trinajstić information content (AvgIpc) is 2.62. The predicted molar refractivity (Wildman–Crippen MR) is 63.4 cm³/mol. The number of ketones is 1. The highest BCUT2D eigenvalue weighted by Gasteiger charge is 2.36.